The Morgan fingerprint density at radius 3 is 2.37 bits per heavy atom. The fourth-order valence-corrected chi connectivity index (χ4v) is 4.14. The van der Waals surface area contributed by atoms with Crippen molar-refractivity contribution in [2.75, 3.05) is 6.61 Å². The Bertz CT molecular complexity index is 1140. The third-order valence-corrected chi connectivity index (χ3v) is 5.62. The maximum Gasteiger partial charge on any atom is 0.433 e. The average molecular weight is 542 g/mol. The van der Waals surface area contributed by atoms with Gasteiger partial charge in [0.15, 0.2) is 17.6 Å². The number of hydrogen-bond acceptors (Lipinski definition) is 10. The molecule has 2 fully saturated rings. The van der Waals surface area contributed by atoms with Crippen LogP contribution in [0.2, 0.25) is 0 Å². The van der Waals surface area contributed by atoms with Gasteiger partial charge in [-0.25, -0.2) is 9.78 Å². The zero-order valence-corrected chi connectivity index (χ0v) is 21.8. The second-order valence-corrected chi connectivity index (χ2v) is 10.5. The van der Waals surface area contributed by atoms with Gasteiger partial charge in [-0.3, -0.25) is 0 Å². The number of rotatable bonds is 6. The molecule has 2 saturated heterocycles. The zero-order valence-electron chi connectivity index (χ0n) is 21.8. The summed E-state index contributed by atoms with van der Waals surface area (Å²) in [4.78, 5) is 15.8. The van der Waals surface area contributed by atoms with E-state index in [0.29, 0.717) is 0 Å². The second-order valence-electron chi connectivity index (χ2n) is 10.5. The zero-order chi connectivity index (χ0) is 27.9. The van der Waals surface area contributed by atoms with Crippen LogP contribution in [0, 0.1) is 0 Å². The number of fused-ring (bicyclic) bond motifs is 1. The molecule has 0 amide bonds. The normalized spacial score (nSPS) is 26.9. The summed E-state index contributed by atoms with van der Waals surface area (Å²) in [6, 6.07) is 6.24. The van der Waals surface area contributed by atoms with Crippen LogP contribution in [-0.2, 0) is 25.1 Å². The van der Waals surface area contributed by atoms with Crippen molar-refractivity contribution >= 4 is 5.97 Å². The third-order valence-electron chi connectivity index (χ3n) is 5.62. The van der Waals surface area contributed by atoms with Crippen molar-refractivity contribution in [3.63, 3.8) is 0 Å². The lowest BCUT2D eigenvalue weighted by atomic mass is 9.96. The molecule has 0 radical (unpaired) electrons. The van der Waals surface area contributed by atoms with Gasteiger partial charge in [0.05, 0.1) is 6.10 Å². The van der Waals surface area contributed by atoms with Crippen LogP contribution in [0.5, 0.6) is 11.8 Å². The van der Waals surface area contributed by atoms with Crippen molar-refractivity contribution in [3.8, 4) is 11.8 Å². The van der Waals surface area contributed by atoms with Crippen LogP contribution < -0.4 is 9.47 Å². The molecule has 2 aromatic heterocycles. The molecule has 2 aromatic rings. The number of aromatic nitrogens is 3. The molecule has 4 rings (SSSR count). The van der Waals surface area contributed by atoms with E-state index < -0.39 is 59.7 Å². The summed E-state index contributed by atoms with van der Waals surface area (Å²) in [5.74, 6) is -1.75. The monoisotopic (exact) mass is 541 g/mol. The fourth-order valence-electron chi connectivity index (χ4n) is 4.14. The Labute approximate surface area is 217 Å². The largest absolute Gasteiger partial charge is 0.474 e. The summed E-state index contributed by atoms with van der Waals surface area (Å²) in [6.45, 7) is 10.3. The number of hydrogen-bond donors (Lipinski definition) is 0. The minimum atomic E-state index is -4.64. The van der Waals surface area contributed by atoms with Crippen molar-refractivity contribution in [1.82, 2.24) is 15.2 Å². The topological polar surface area (TPSA) is 111 Å². The van der Waals surface area contributed by atoms with Gasteiger partial charge in [-0.1, -0.05) is 6.07 Å². The van der Waals surface area contributed by atoms with E-state index in [1.807, 2.05) is 0 Å². The third kappa shape index (κ3) is 6.69. The van der Waals surface area contributed by atoms with Gasteiger partial charge in [-0.15, -0.1) is 10.2 Å². The van der Waals surface area contributed by atoms with Gasteiger partial charge >= 0.3 is 12.1 Å². The molecule has 0 spiro atoms. The van der Waals surface area contributed by atoms with Crippen LogP contribution in [0.3, 0.4) is 0 Å². The standard InChI is InChI=1S/C25H30F3N3O7/c1-13-19-21(37-24(5,6)36-19)20(35-17-9-7-8-16(29-17)25(26,27)28)15(34-13)12-33-18-11-10-14(30-31-18)22(32)38-23(2,3)4/h7-11,13,15,19-21H,12H2,1-6H3/t13-,15-,19+,20+,21+/m1/s1. The number of halogens is 3. The maximum absolute atomic E-state index is 13.2. The fraction of sp³-hybridized carbons (Fsp3) is 0.600. The van der Waals surface area contributed by atoms with Gasteiger partial charge in [0, 0.05) is 12.1 Å². The molecule has 38 heavy (non-hydrogen) atoms. The first-order valence-corrected chi connectivity index (χ1v) is 12.0. The molecule has 10 nitrogen and oxygen atoms in total. The van der Waals surface area contributed by atoms with Crippen LogP contribution in [0.1, 0.15) is 57.7 Å². The van der Waals surface area contributed by atoms with Crippen molar-refractivity contribution < 1.29 is 46.4 Å². The van der Waals surface area contributed by atoms with E-state index in [0.717, 1.165) is 6.07 Å². The molecule has 0 N–H and O–H groups in total. The molecule has 2 aliphatic heterocycles. The van der Waals surface area contributed by atoms with E-state index in [1.165, 1.54) is 24.3 Å². The van der Waals surface area contributed by atoms with Crippen LogP contribution in [0.4, 0.5) is 13.2 Å². The molecular formula is C25H30F3N3O7. The highest BCUT2D eigenvalue weighted by Crippen LogP contribution is 2.39. The molecule has 0 saturated carbocycles. The van der Waals surface area contributed by atoms with Gasteiger partial charge in [-0.2, -0.15) is 13.2 Å². The van der Waals surface area contributed by atoms with Gasteiger partial charge in [0.25, 0.3) is 0 Å². The summed E-state index contributed by atoms with van der Waals surface area (Å²) in [5, 5.41) is 7.76. The minimum absolute atomic E-state index is 0.00761. The van der Waals surface area contributed by atoms with Gasteiger partial charge in [0.1, 0.15) is 36.2 Å². The van der Waals surface area contributed by atoms with Gasteiger partial charge in [0.2, 0.25) is 11.8 Å². The molecule has 4 heterocycles. The Kier molecular flexibility index (Phi) is 7.56. The molecule has 0 unspecified atom stereocenters. The molecule has 5 atom stereocenters. The molecule has 13 heteroatoms. The number of carbonyl (C=O) groups is 1. The van der Waals surface area contributed by atoms with E-state index in [-0.39, 0.29) is 24.1 Å². The molecule has 0 aliphatic carbocycles. The lowest BCUT2D eigenvalue weighted by Crippen LogP contribution is -2.59. The molecule has 208 valence electrons. The smallest absolute Gasteiger partial charge is 0.433 e. The SMILES string of the molecule is C[C@H]1O[C@H](COc2ccc(C(=O)OC(C)(C)C)nn2)[C@H](Oc2cccc(C(F)(F)F)n2)[C@H]2OC(C)(C)O[C@H]21. The van der Waals surface area contributed by atoms with Crippen LogP contribution >= 0.6 is 0 Å². The number of alkyl halides is 3. The number of esters is 1. The second kappa shape index (κ2) is 10.3. The highest BCUT2D eigenvalue weighted by molar-refractivity contribution is 5.87. The molecular weight excluding hydrogens is 511 g/mol. The Morgan fingerprint density at radius 1 is 1.03 bits per heavy atom. The number of ether oxygens (including phenoxy) is 6. The number of pyridine rings is 1. The van der Waals surface area contributed by atoms with E-state index in [9.17, 15) is 18.0 Å². The summed E-state index contributed by atoms with van der Waals surface area (Å²) < 4.78 is 74.7. The molecule has 2 aliphatic rings. The first kappa shape index (κ1) is 28.0. The Hall–Kier alpha value is -3.03. The lowest BCUT2D eigenvalue weighted by molar-refractivity contribution is -0.182. The predicted octanol–water partition coefficient (Wildman–Crippen LogP) is 3.98. The van der Waals surface area contributed by atoms with E-state index >= 15 is 0 Å². The first-order chi connectivity index (χ1) is 17.6. The van der Waals surface area contributed by atoms with Crippen LogP contribution in [-0.4, -0.2) is 69.7 Å². The van der Waals surface area contributed by atoms with E-state index in [1.54, 1.807) is 41.5 Å². The van der Waals surface area contributed by atoms with Crippen LogP contribution in [0.15, 0.2) is 30.3 Å². The quantitative estimate of drug-likeness (QED) is 0.498. The van der Waals surface area contributed by atoms with E-state index in [4.69, 9.17) is 28.4 Å². The highest BCUT2D eigenvalue weighted by Gasteiger charge is 2.55. The number of carbonyl (C=O) groups excluding carboxylic acids is 1. The van der Waals surface area contributed by atoms with Crippen LogP contribution in [0.25, 0.3) is 0 Å². The maximum atomic E-state index is 13.2. The Morgan fingerprint density at radius 2 is 1.74 bits per heavy atom. The van der Waals surface area contributed by atoms with Gasteiger partial charge in [-0.05, 0) is 53.7 Å². The van der Waals surface area contributed by atoms with Crippen molar-refractivity contribution in [2.24, 2.45) is 0 Å². The minimum Gasteiger partial charge on any atom is -0.474 e. The molecule has 0 bridgehead atoms. The average Bonchev–Trinajstić information content (AvgIpc) is 3.14. The highest BCUT2D eigenvalue weighted by atomic mass is 19.4. The van der Waals surface area contributed by atoms with Crippen molar-refractivity contribution in [1.29, 1.82) is 0 Å². The lowest BCUT2D eigenvalue weighted by Gasteiger charge is -2.40. The number of nitrogens with zero attached hydrogens (tertiary/aromatic N) is 3. The Balaban J connectivity index is 1.51. The summed E-state index contributed by atoms with van der Waals surface area (Å²) in [5.41, 5.74) is -1.77. The molecule has 0 aromatic carbocycles. The predicted molar refractivity (Wildman–Crippen MR) is 125 cm³/mol. The summed E-state index contributed by atoms with van der Waals surface area (Å²) in [6.07, 6.45) is -8.02. The van der Waals surface area contributed by atoms with E-state index in [2.05, 4.69) is 15.2 Å². The van der Waals surface area contributed by atoms with Crippen molar-refractivity contribution in [3.05, 3.63) is 41.7 Å². The summed E-state index contributed by atoms with van der Waals surface area (Å²) >= 11 is 0. The summed E-state index contributed by atoms with van der Waals surface area (Å²) in [7, 11) is 0. The van der Waals surface area contributed by atoms with Gasteiger partial charge < -0.3 is 28.4 Å². The van der Waals surface area contributed by atoms with Crippen molar-refractivity contribution in [2.45, 2.75) is 89.6 Å². The first-order valence-electron chi connectivity index (χ1n) is 12.0.